The molecule has 0 heterocycles. The zero-order valence-electron chi connectivity index (χ0n) is 5.53. The normalized spacial score (nSPS) is 19.9. The lowest BCUT2D eigenvalue weighted by Crippen LogP contribution is -2.30. The fourth-order valence-corrected chi connectivity index (χ4v) is 1.78. The van der Waals surface area contributed by atoms with Gasteiger partial charge >= 0.3 is 0 Å². The van der Waals surface area contributed by atoms with Gasteiger partial charge in [-0.25, -0.2) is 4.21 Å². The van der Waals surface area contributed by atoms with Crippen molar-refractivity contribution in [3.05, 3.63) is 0 Å². The Labute approximate surface area is 65.5 Å². The molecule has 6 heteroatoms. The molecule has 0 aliphatic rings. The van der Waals surface area contributed by atoms with Crippen molar-refractivity contribution in [2.24, 2.45) is 11.5 Å². The first kappa shape index (κ1) is 10.2. The smallest absolute Gasteiger partial charge is 0.145 e. The van der Waals surface area contributed by atoms with Gasteiger partial charge in [0.1, 0.15) is 8.77 Å². The van der Waals surface area contributed by atoms with Gasteiger partial charge in [0, 0.05) is 17.7 Å². The highest BCUT2D eigenvalue weighted by molar-refractivity contribution is 8.30. The van der Waals surface area contributed by atoms with Crippen LogP contribution in [0.15, 0.2) is 0 Å². The van der Waals surface area contributed by atoms with Gasteiger partial charge in [0.2, 0.25) is 0 Å². The number of hydrogen-bond donors (Lipinski definition) is 3. The van der Waals surface area contributed by atoms with Crippen molar-refractivity contribution in [2.75, 3.05) is 13.1 Å². The molecular formula is C4H12N2O2S2. The Morgan fingerprint density at radius 2 is 2.10 bits per heavy atom. The summed E-state index contributed by atoms with van der Waals surface area (Å²) < 4.78 is 19.6. The van der Waals surface area contributed by atoms with E-state index in [0.717, 1.165) is 0 Å². The van der Waals surface area contributed by atoms with Crippen LogP contribution in [0.4, 0.5) is 0 Å². The van der Waals surface area contributed by atoms with Crippen LogP contribution in [0, 0.1) is 0 Å². The van der Waals surface area contributed by atoms with Crippen molar-refractivity contribution in [3.63, 3.8) is 0 Å². The quantitative estimate of drug-likeness (QED) is 0.515. The molecule has 0 rings (SSSR count). The van der Waals surface area contributed by atoms with Crippen LogP contribution in [0.3, 0.4) is 0 Å². The summed E-state index contributed by atoms with van der Waals surface area (Å²) >= 11 is 4.32. The molecule has 0 bridgehead atoms. The summed E-state index contributed by atoms with van der Waals surface area (Å²) in [5.41, 5.74) is 10.3. The minimum atomic E-state index is -3.15. The predicted octanol–water partition coefficient (Wildman–Crippen LogP) is -1.12. The van der Waals surface area contributed by atoms with E-state index in [1.807, 2.05) is 0 Å². The van der Waals surface area contributed by atoms with Gasteiger partial charge in [0.15, 0.2) is 0 Å². The minimum Gasteiger partial charge on any atom is -0.330 e. The van der Waals surface area contributed by atoms with Crippen LogP contribution in [0.25, 0.3) is 0 Å². The van der Waals surface area contributed by atoms with Crippen molar-refractivity contribution in [3.8, 4) is 0 Å². The Kier molecular flexibility index (Phi) is 4.30. The van der Waals surface area contributed by atoms with Gasteiger partial charge in [-0.05, 0) is 13.0 Å². The third kappa shape index (κ3) is 3.43. The second kappa shape index (κ2) is 4.20. The average molecular weight is 184 g/mol. The summed E-state index contributed by atoms with van der Waals surface area (Å²) in [6.07, 6.45) is 0.412. The van der Waals surface area contributed by atoms with Crippen LogP contribution in [0.1, 0.15) is 6.42 Å². The fourth-order valence-electron chi connectivity index (χ4n) is 0.574. The topological polar surface area (TPSA) is 89.3 Å². The van der Waals surface area contributed by atoms with E-state index < -0.39 is 14.0 Å². The van der Waals surface area contributed by atoms with Gasteiger partial charge in [0.05, 0.1) is 5.25 Å². The number of nitrogens with two attached hydrogens (primary N) is 2. The molecule has 5 N–H and O–H groups in total. The lowest BCUT2D eigenvalue weighted by molar-refractivity contribution is 0.538. The highest BCUT2D eigenvalue weighted by Gasteiger charge is 2.15. The van der Waals surface area contributed by atoms with E-state index in [-0.39, 0.29) is 6.54 Å². The summed E-state index contributed by atoms with van der Waals surface area (Å²) in [5.74, 6) is 0. The molecule has 0 spiro atoms. The average Bonchev–Trinajstić information content (AvgIpc) is 1.80. The van der Waals surface area contributed by atoms with E-state index in [0.29, 0.717) is 13.0 Å². The van der Waals surface area contributed by atoms with Gasteiger partial charge in [-0.15, -0.1) is 0 Å². The lowest BCUT2D eigenvalue weighted by Gasteiger charge is -2.10. The van der Waals surface area contributed by atoms with Gasteiger partial charge in [-0.3, -0.25) is 0 Å². The second-order valence-electron chi connectivity index (χ2n) is 1.95. The monoisotopic (exact) mass is 184 g/mol. The largest absolute Gasteiger partial charge is 0.330 e. The van der Waals surface area contributed by atoms with Crippen molar-refractivity contribution in [2.45, 2.75) is 11.7 Å². The molecule has 0 saturated heterocycles. The summed E-state index contributed by atoms with van der Waals surface area (Å²) in [6, 6.07) is 0. The zero-order valence-corrected chi connectivity index (χ0v) is 7.16. The standard InChI is InChI=1S/C4H12N2O2S2/c5-2-1-4(3-6)10(7,8)9/h4H,1-3,5-6H2,(H,7,8,9). The molecule has 2 unspecified atom stereocenters. The van der Waals surface area contributed by atoms with Crippen LogP contribution in [-0.2, 0) is 20.0 Å². The van der Waals surface area contributed by atoms with Crippen LogP contribution >= 0.6 is 0 Å². The maximum atomic E-state index is 10.7. The number of rotatable bonds is 4. The first-order valence-electron chi connectivity index (χ1n) is 2.88. The van der Waals surface area contributed by atoms with E-state index in [1.165, 1.54) is 0 Å². The highest BCUT2D eigenvalue weighted by atomic mass is 32.8. The van der Waals surface area contributed by atoms with Gasteiger partial charge in [-0.1, -0.05) is 0 Å². The lowest BCUT2D eigenvalue weighted by atomic mass is 10.3. The van der Waals surface area contributed by atoms with E-state index >= 15 is 0 Å². The second-order valence-corrected chi connectivity index (χ2v) is 5.08. The first-order chi connectivity index (χ1) is 4.52. The Balaban J connectivity index is 4.08. The minimum absolute atomic E-state index is 0.121. The van der Waals surface area contributed by atoms with Crippen LogP contribution in [0.2, 0.25) is 0 Å². The fraction of sp³-hybridized carbons (Fsp3) is 1.00. The van der Waals surface area contributed by atoms with Crippen LogP contribution in [-0.4, -0.2) is 27.1 Å². The molecule has 0 radical (unpaired) electrons. The van der Waals surface area contributed by atoms with Crippen LogP contribution in [0.5, 0.6) is 0 Å². The Morgan fingerprint density at radius 1 is 1.60 bits per heavy atom. The molecule has 0 aromatic heterocycles. The van der Waals surface area contributed by atoms with E-state index in [4.69, 9.17) is 16.0 Å². The Bertz CT molecular complexity index is 178. The molecule has 0 aromatic carbocycles. The SMILES string of the molecule is NCCC(CN)S(=O)(O)=S. The van der Waals surface area contributed by atoms with Gasteiger partial charge in [-0.2, -0.15) is 0 Å². The maximum absolute atomic E-state index is 10.7. The third-order valence-corrected chi connectivity index (χ3v) is 3.26. The molecule has 0 aliphatic carbocycles. The molecular weight excluding hydrogens is 172 g/mol. The van der Waals surface area contributed by atoms with Gasteiger partial charge < -0.3 is 16.0 Å². The molecule has 4 nitrogen and oxygen atoms in total. The number of hydrogen-bond acceptors (Lipinski definition) is 4. The summed E-state index contributed by atoms with van der Waals surface area (Å²) in [4.78, 5) is 0. The molecule has 0 amide bonds. The molecule has 0 aliphatic heterocycles. The summed E-state index contributed by atoms with van der Waals surface area (Å²) in [5, 5.41) is -0.535. The third-order valence-electron chi connectivity index (χ3n) is 1.17. The van der Waals surface area contributed by atoms with Gasteiger partial charge in [0.25, 0.3) is 0 Å². The zero-order chi connectivity index (χ0) is 8.20. The van der Waals surface area contributed by atoms with Crippen LogP contribution < -0.4 is 11.5 Å². The summed E-state index contributed by atoms with van der Waals surface area (Å²) in [7, 11) is -3.15. The maximum Gasteiger partial charge on any atom is 0.145 e. The molecule has 10 heavy (non-hydrogen) atoms. The molecule has 0 aromatic rings. The van der Waals surface area contributed by atoms with Crippen molar-refractivity contribution >= 4 is 20.0 Å². The predicted molar refractivity (Wildman–Crippen MR) is 44.7 cm³/mol. The molecule has 0 saturated carbocycles. The molecule has 0 fully saturated rings. The summed E-state index contributed by atoms with van der Waals surface area (Å²) in [6.45, 7) is 0.464. The highest BCUT2D eigenvalue weighted by Crippen LogP contribution is 2.00. The Hall–Kier alpha value is 0.250. The van der Waals surface area contributed by atoms with Crippen molar-refractivity contribution in [1.29, 1.82) is 0 Å². The molecule has 62 valence electrons. The van der Waals surface area contributed by atoms with E-state index in [2.05, 4.69) is 11.2 Å². The van der Waals surface area contributed by atoms with E-state index in [1.54, 1.807) is 0 Å². The Morgan fingerprint density at radius 3 is 2.20 bits per heavy atom. The van der Waals surface area contributed by atoms with E-state index in [9.17, 15) is 4.21 Å². The van der Waals surface area contributed by atoms with Crippen molar-refractivity contribution < 1.29 is 8.76 Å². The first-order valence-corrected chi connectivity index (χ1v) is 5.39. The van der Waals surface area contributed by atoms with Crippen molar-refractivity contribution in [1.82, 2.24) is 0 Å². The molecule has 2 atom stereocenters.